The summed E-state index contributed by atoms with van der Waals surface area (Å²) in [6, 6.07) is 0. The van der Waals surface area contributed by atoms with Crippen molar-refractivity contribution >= 4 is 11.9 Å². The molecule has 0 aromatic carbocycles. The molecule has 162 valence electrons. The number of aliphatic hydroxyl groups is 1. The highest BCUT2D eigenvalue weighted by molar-refractivity contribution is 5.94. The lowest BCUT2D eigenvalue weighted by atomic mass is 9.84. The van der Waals surface area contributed by atoms with Crippen LogP contribution in [-0.2, 0) is 9.53 Å². The summed E-state index contributed by atoms with van der Waals surface area (Å²) in [7, 11) is 1.56. The summed E-state index contributed by atoms with van der Waals surface area (Å²) in [5.74, 6) is 1.00. The van der Waals surface area contributed by atoms with Crippen LogP contribution in [0.3, 0.4) is 0 Å². The predicted octanol–water partition coefficient (Wildman–Crippen LogP) is 5.02. The number of aliphatic hydroxyl groups excluding tert-OH is 1. The van der Waals surface area contributed by atoms with Gasteiger partial charge in [0.1, 0.15) is 0 Å². The Hall–Kier alpha value is -1.36. The molecule has 1 aliphatic carbocycles. The lowest BCUT2D eigenvalue weighted by Gasteiger charge is -2.22. The molecule has 0 heterocycles. The first-order valence-corrected chi connectivity index (χ1v) is 11.2. The monoisotopic (exact) mass is 395 g/mol. The lowest BCUT2D eigenvalue weighted by Crippen LogP contribution is -2.21. The van der Waals surface area contributed by atoms with Gasteiger partial charge in [0.2, 0.25) is 0 Å². The van der Waals surface area contributed by atoms with Crippen molar-refractivity contribution in [2.75, 3.05) is 13.7 Å². The van der Waals surface area contributed by atoms with Crippen LogP contribution in [0.2, 0.25) is 0 Å². The molecular formula is C23H41NO4. The molecule has 1 rings (SSSR count). The summed E-state index contributed by atoms with van der Waals surface area (Å²) in [5, 5.41) is 12.8. The average Bonchev–Trinajstić information content (AvgIpc) is 3.05. The molecule has 0 aromatic rings. The molecule has 4 atom stereocenters. The van der Waals surface area contributed by atoms with E-state index >= 15 is 0 Å². The number of nitrogens with one attached hydrogen (secondary N) is 1. The molecule has 28 heavy (non-hydrogen) atoms. The normalized spacial score (nSPS) is 20.9. The van der Waals surface area contributed by atoms with Crippen molar-refractivity contribution in [2.45, 2.75) is 90.6 Å². The van der Waals surface area contributed by atoms with E-state index in [-0.39, 0.29) is 23.9 Å². The lowest BCUT2D eigenvalue weighted by molar-refractivity contribution is -0.118. The van der Waals surface area contributed by atoms with Crippen molar-refractivity contribution in [2.24, 2.45) is 17.8 Å². The molecule has 0 saturated carbocycles. The van der Waals surface area contributed by atoms with Crippen molar-refractivity contribution in [1.29, 1.82) is 0 Å². The molecule has 0 bridgehead atoms. The number of hydrogen-bond acceptors (Lipinski definition) is 4. The number of unbranched alkanes of at least 4 members (excludes halogenated alkanes) is 5. The van der Waals surface area contributed by atoms with E-state index in [0.717, 1.165) is 57.8 Å². The SMILES string of the molecule is CCCCC(C)[C@@H](O)CC[C@H]1C=CC(=O)[C@@H]1CCCCCCCOC(=O)NC. The number of ketones is 1. The Balaban J connectivity index is 2.18. The average molecular weight is 396 g/mol. The molecule has 5 heteroatoms. The van der Waals surface area contributed by atoms with Crippen LogP contribution in [0.15, 0.2) is 12.2 Å². The van der Waals surface area contributed by atoms with Crippen LogP contribution in [0, 0.1) is 17.8 Å². The van der Waals surface area contributed by atoms with Crippen LogP contribution in [0.1, 0.15) is 84.5 Å². The maximum atomic E-state index is 12.2. The fourth-order valence-electron chi connectivity index (χ4n) is 3.94. The molecule has 0 aromatic heterocycles. The van der Waals surface area contributed by atoms with E-state index in [2.05, 4.69) is 25.2 Å². The number of amides is 1. The molecule has 0 aliphatic heterocycles. The first-order chi connectivity index (χ1) is 13.5. The summed E-state index contributed by atoms with van der Waals surface area (Å²) < 4.78 is 4.97. The summed E-state index contributed by atoms with van der Waals surface area (Å²) in [5.41, 5.74) is 0. The third kappa shape index (κ3) is 9.72. The number of allylic oxidation sites excluding steroid dienone is 2. The van der Waals surface area contributed by atoms with Gasteiger partial charge in [0.05, 0.1) is 12.7 Å². The maximum Gasteiger partial charge on any atom is 0.406 e. The number of carbonyl (C=O) groups excluding carboxylic acids is 2. The highest BCUT2D eigenvalue weighted by Gasteiger charge is 2.30. The van der Waals surface area contributed by atoms with Gasteiger partial charge in [-0.1, -0.05) is 58.4 Å². The second-order valence-electron chi connectivity index (χ2n) is 8.24. The van der Waals surface area contributed by atoms with Crippen molar-refractivity contribution in [3.63, 3.8) is 0 Å². The molecule has 1 unspecified atom stereocenters. The van der Waals surface area contributed by atoms with Crippen LogP contribution < -0.4 is 5.32 Å². The fourth-order valence-corrected chi connectivity index (χ4v) is 3.94. The Labute approximate surface area is 171 Å². The predicted molar refractivity (Wildman–Crippen MR) is 113 cm³/mol. The number of carbonyl (C=O) groups is 2. The van der Waals surface area contributed by atoms with Gasteiger partial charge in [-0.05, 0) is 50.0 Å². The minimum absolute atomic E-state index is 0.106. The number of hydrogen-bond donors (Lipinski definition) is 2. The largest absolute Gasteiger partial charge is 0.450 e. The smallest absolute Gasteiger partial charge is 0.406 e. The van der Waals surface area contributed by atoms with E-state index in [4.69, 9.17) is 4.74 Å². The van der Waals surface area contributed by atoms with E-state index in [1.807, 2.05) is 0 Å². The highest BCUT2D eigenvalue weighted by Crippen LogP contribution is 2.32. The number of ether oxygens (including phenoxy) is 1. The third-order valence-electron chi connectivity index (χ3n) is 5.95. The van der Waals surface area contributed by atoms with E-state index in [0.29, 0.717) is 18.4 Å². The van der Waals surface area contributed by atoms with Gasteiger partial charge < -0.3 is 15.2 Å². The number of alkyl carbamates (subject to hydrolysis) is 1. The van der Waals surface area contributed by atoms with Crippen molar-refractivity contribution in [1.82, 2.24) is 5.32 Å². The third-order valence-corrected chi connectivity index (χ3v) is 5.95. The molecule has 5 nitrogen and oxygen atoms in total. The van der Waals surface area contributed by atoms with Crippen LogP contribution in [0.25, 0.3) is 0 Å². The summed E-state index contributed by atoms with van der Waals surface area (Å²) in [6.07, 6.45) is 14.4. The number of rotatable bonds is 15. The zero-order chi connectivity index (χ0) is 20.8. The fraction of sp³-hybridized carbons (Fsp3) is 0.826. The second kappa shape index (κ2) is 14.6. The Kier molecular flexibility index (Phi) is 12.9. The quantitative estimate of drug-likeness (QED) is 0.382. The topological polar surface area (TPSA) is 75.6 Å². The Morgan fingerprint density at radius 1 is 1.14 bits per heavy atom. The Bertz CT molecular complexity index is 477. The van der Waals surface area contributed by atoms with Gasteiger partial charge in [-0.15, -0.1) is 0 Å². The second-order valence-corrected chi connectivity index (χ2v) is 8.24. The molecule has 2 N–H and O–H groups in total. The van der Waals surface area contributed by atoms with Crippen LogP contribution in [-0.4, -0.2) is 36.7 Å². The van der Waals surface area contributed by atoms with E-state index < -0.39 is 0 Å². The standard InChI is InChI=1S/C23H41NO4/c1-4-5-11-18(2)21(25)15-13-19-14-16-22(26)20(19)12-9-7-6-8-10-17-28-23(27)24-3/h14,16,18-21,25H,4-13,15,17H2,1-3H3,(H,24,27)/t18?,19-,20+,21-/m0/s1. The maximum absolute atomic E-state index is 12.2. The van der Waals surface area contributed by atoms with Gasteiger partial charge in [0, 0.05) is 13.0 Å². The molecule has 0 radical (unpaired) electrons. The molecule has 1 amide bonds. The molecule has 0 fully saturated rings. The van der Waals surface area contributed by atoms with Gasteiger partial charge in [0.25, 0.3) is 0 Å². The summed E-state index contributed by atoms with van der Waals surface area (Å²) >= 11 is 0. The minimum Gasteiger partial charge on any atom is -0.450 e. The van der Waals surface area contributed by atoms with Gasteiger partial charge in [-0.3, -0.25) is 4.79 Å². The van der Waals surface area contributed by atoms with Gasteiger partial charge in [0.15, 0.2) is 5.78 Å². The zero-order valence-electron chi connectivity index (χ0n) is 18.1. The summed E-state index contributed by atoms with van der Waals surface area (Å²) in [6.45, 7) is 4.77. The first kappa shape index (κ1) is 24.7. The van der Waals surface area contributed by atoms with Crippen molar-refractivity contribution in [3.8, 4) is 0 Å². The van der Waals surface area contributed by atoms with Crippen LogP contribution in [0.4, 0.5) is 4.79 Å². The Morgan fingerprint density at radius 3 is 2.57 bits per heavy atom. The van der Waals surface area contributed by atoms with Crippen LogP contribution in [0.5, 0.6) is 0 Å². The van der Waals surface area contributed by atoms with E-state index in [1.54, 1.807) is 13.1 Å². The van der Waals surface area contributed by atoms with Gasteiger partial charge >= 0.3 is 6.09 Å². The molecule has 0 saturated heterocycles. The van der Waals surface area contributed by atoms with E-state index in [9.17, 15) is 14.7 Å². The van der Waals surface area contributed by atoms with Gasteiger partial charge in [-0.2, -0.15) is 0 Å². The first-order valence-electron chi connectivity index (χ1n) is 11.2. The van der Waals surface area contributed by atoms with Crippen molar-refractivity contribution < 1.29 is 19.4 Å². The minimum atomic E-state index is -0.372. The van der Waals surface area contributed by atoms with Crippen LogP contribution >= 0.6 is 0 Å². The summed E-state index contributed by atoms with van der Waals surface area (Å²) in [4.78, 5) is 23.1. The van der Waals surface area contributed by atoms with Gasteiger partial charge in [-0.25, -0.2) is 4.79 Å². The Morgan fingerprint density at radius 2 is 1.86 bits per heavy atom. The van der Waals surface area contributed by atoms with Crippen molar-refractivity contribution in [3.05, 3.63) is 12.2 Å². The molecule has 0 spiro atoms. The highest BCUT2D eigenvalue weighted by atomic mass is 16.5. The van der Waals surface area contributed by atoms with E-state index in [1.165, 1.54) is 12.8 Å². The molecule has 1 aliphatic rings. The zero-order valence-corrected chi connectivity index (χ0v) is 18.1. The molecular weight excluding hydrogens is 354 g/mol.